The molecule has 4 aliphatic heterocycles. The second-order valence-corrected chi connectivity index (χ2v) is 44.9. The maximum absolute atomic E-state index is 2.87. The summed E-state index contributed by atoms with van der Waals surface area (Å²) in [5.41, 5.74) is 28.9. The fourth-order valence-electron chi connectivity index (χ4n) is 19.2. The molecule has 0 aliphatic carbocycles. The molecule has 0 N–H and O–H groups in total. The van der Waals surface area contributed by atoms with E-state index in [1.807, 2.05) is 0 Å². The second kappa shape index (κ2) is 28.0. The number of benzene rings is 14. The highest BCUT2D eigenvalue weighted by Crippen LogP contribution is 2.44. The molecule has 0 unspecified atom stereocenters. The van der Waals surface area contributed by atoms with E-state index in [2.05, 4.69) is 460 Å². The minimum Gasteiger partial charge on any atom is -0.312 e. The summed E-state index contributed by atoms with van der Waals surface area (Å²) in [5, 5.41) is 11.7. The first kappa shape index (κ1) is 74.8. The van der Waals surface area contributed by atoms with Crippen LogP contribution in [0, 0.1) is 13.8 Å². The minimum atomic E-state index is -2.87. The van der Waals surface area contributed by atoms with Crippen molar-refractivity contribution in [2.75, 3.05) is 14.7 Å². The number of nitrogens with zero attached hydrogens (tertiary/aromatic N) is 3. The third kappa shape index (κ3) is 12.7. The molecule has 18 rings (SSSR count). The van der Waals surface area contributed by atoms with E-state index >= 15 is 0 Å². The van der Waals surface area contributed by atoms with Crippen molar-refractivity contribution in [1.82, 2.24) is 0 Å². The third-order valence-electron chi connectivity index (χ3n) is 24.9. The summed E-state index contributed by atoms with van der Waals surface area (Å²) in [4.78, 5) is 7.62. The molecule has 7 heteroatoms. The van der Waals surface area contributed by atoms with Crippen LogP contribution in [0.25, 0.3) is 0 Å². The summed E-state index contributed by atoms with van der Waals surface area (Å²) in [6.07, 6.45) is 0. The Morgan fingerprint density at radius 3 is 0.858 bits per heavy atom. The lowest BCUT2D eigenvalue weighted by molar-refractivity contribution is 0.590. The van der Waals surface area contributed by atoms with Crippen LogP contribution in [0.2, 0.25) is 0 Å². The van der Waals surface area contributed by atoms with Crippen molar-refractivity contribution in [3.8, 4) is 0 Å². The number of hydrogen-bond donors (Lipinski definition) is 0. The van der Waals surface area contributed by atoms with E-state index < -0.39 is 16.1 Å². The zero-order valence-corrected chi connectivity index (χ0v) is 71.2. The van der Waals surface area contributed by atoms with Crippen molar-refractivity contribution >= 4 is 155 Å². The maximum atomic E-state index is 2.58. The van der Waals surface area contributed by atoms with Gasteiger partial charge in [0, 0.05) is 51.2 Å². The van der Waals surface area contributed by atoms with Crippen molar-refractivity contribution in [3.05, 3.63) is 367 Å². The highest BCUT2D eigenvalue weighted by Gasteiger charge is 2.55. The van der Waals surface area contributed by atoms with Crippen LogP contribution < -0.4 is 89.0 Å². The van der Waals surface area contributed by atoms with Crippen molar-refractivity contribution in [2.24, 2.45) is 0 Å². The van der Waals surface area contributed by atoms with Crippen LogP contribution in [0.3, 0.4) is 0 Å². The number of rotatable bonds is 9. The van der Waals surface area contributed by atoms with Gasteiger partial charge in [-0.25, -0.2) is 0 Å². The van der Waals surface area contributed by atoms with Crippen LogP contribution in [0.1, 0.15) is 143 Å². The molecule has 0 saturated carbocycles. The lowest BCUT2D eigenvalue weighted by Crippen LogP contribution is -2.87. The van der Waals surface area contributed by atoms with Gasteiger partial charge in [0.2, 0.25) is 13.4 Å². The maximum Gasteiger partial charge on any atom is 0.246 e. The lowest BCUT2D eigenvalue weighted by Gasteiger charge is -2.47. The Kier molecular flexibility index (Phi) is 18.5. The summed E-state index contributed by atoms with van der Waals surface area (Å²) in [6.45, 7) is 39.3. The van der Waals surface area contributed by atoms with E-state index in [0.717, 1.165) is 17.1 Å². The van der Waals surface area contributed by atoms with Crippen molar-refractivity contribution < 1.29 is 0 Å². The van der Waals surface area contributed by atoms with Gasteiger partial charge in [0.25, 0.3) is 0 Å². The number of fused-ring (bicyclic) bond motifs is 8. The topological polar surface area (TPSA) is 9.72 Å². The Morgan fingerprint density at radius 2 is 0.522 bits per heavy atom. The second-order valence-electron chi connectivity index (χ2n) is 37.5. The summed E-state index contributed by atoms with van der Waals surface area (Å²) < 4.78 is 0. The highest BCUT2D eigenvalue weighted by atomic mass is 28.3. The predicted molar refractivity (Wildman–Crippen MR) is 496 cm³/mol. The molecule has 14 aromatic carbocycles. The van der Waals surface area contributed by atoms with Gasteiger partial charge in [-0.05, 0) is 228 Å². The van der Waals surface area contributed by atoms with Crippen LogP contribution >= 0.6 is 0 Å². The molecule has 0 radical (unpaired) electrons. The Hall–Kier alpha value is -11.0. The minimum absolute atomic E-state index is 0.0123. The monoisotopic (exact) mass is 1500 g/mol. The molecular formula is C106H105B2N3Si2. The van der Waals surface area contributed by atoms with E-state index in [1.54, 1.807) is 0 Å². The van der Waals surface area contributed by atoms with E-state index in [1.165, 1.54) is 147 Å². The molecule has 0 fully saturated rings. The smallest absolute Gasteiger partial charge is 0.246 e. The van der Waals surface area contributed by atoms with Gasteiger partial charge in [0.05, 0.1) is 0 Å². The van der Waals surface area contributed by atoms with Crippen LogP contribution in [0.15, 0.2) is 328 Å². The van der Waals surface area contributed by atoms with Gasteiger partial charge in [0.1, 0.15) is 0 Å². The first-order valence-corrected chi connectivity index (χ1v) is 44.9. The Morgan fingerprint density at radius 1 is 0.239 bits per heavy atom. The molecule has 0 amide bonds. The fourth-order valence-corrected chi connectivity index (χ4v) is 29.9. The van der Waals surface area contributed by atoms with E-state index in [-0.39, 0.29) is 40.5 Å². The molecule has 0 spiro atoms. The SMILES string of the molecule is Cc1cc2c3c(c1)[Si](c1ccccc1)(c1ccccc1)c1ccccc1B3c1cc(C(C)(C)C)ccc1N2c1ccc(C(C)(C)C)cc1.Cc1cc2c3c(c1)[Si](c1ccccc1)(c1ccccc1)c1ccccc1B3c1cc(N(c3ccc(C(C)(C)C)cc3)c3ccc(C(C)(C)C)cc3)ccc1N2c1ccc(C(C)(C)C)cc1. The van der Waals surface area contributed by atoms with E-state index in [4.69, 9.17) is 0 Å². The van der Waals surface area contributed by atoms with Gasteiger partial charge in [-0.15, -0.1) is 0 Å². The number of hydrogen-bond acceptors (Lipinski definition) is 3. The molecule has 0 aromatic heterocycles. The van der Waals surface area contributed by atoms with Crippen molar-refractivity contribution in [3.63, 3.8) is 0 Å². The third-order valence-corrected chi connectivity index (χ3v) is 34.7. The largest absolute Gasteiger partial charge is 0.312 e. The van der Waals surface area contributed by atoms with Gasteiger partial charge in [-0.1, -0.05) is 357 Å². The van der Waals surface area contributed by atoms with Crippen LogP contribution in [0.5, 0.6) is 0 Å². The van der Waals surface area contributed by atoms with Crippen molar-refractivity contribution in [2.45, 2.75) is 145 Å². The summed E-state index contributed by atoms with van der Waals surface area (Å²) in [7, 11) is -5.59. The Balaban J connectivity index is 0.000000171. The molecule has 14 aromatic rings. The number of aryl methyl sites for hydroxylation is 2. The summed E-state index contributed by atoms with van der Waals surface area (Å²) in [6, 6.07) is 126. The molecule has 0 bridgehead atoms. The molecule has 4 heterocycles. The van der Waals surface area contributed by atoms with Gasteiger partial charge in [0.15, 0.2) is 16.1 Å². The lowest BCUT2D eigenvalue weighted by atomic mass is 9.34. The highest BCUT2D eigenvalue weighted by molar-refractivity contribution is 7.28. The van der Waals surface area contributed by atoms with Gasteiger partial charge in [-0.2, -0.15) is 0 Å². The van der Waals surface area contributed by atoms with Gasteiger partial charge >= 0.3 is 0 Å². The predicted octanol–water partition coefficient (Wildman–Crippen LogP) is 17.9. The Bertz CT molecular complexity index is 5770. The average molecular weight is 1500 g/mol. The standard InChI is InChI=1S/C61H61BN2Si.C45H44BNSi/c1-42-39-55-58-57(40-42)65(50-19-13-11-14-20-50,51-21-15-12-16-22-51)56-24-18-17-23-52(56)62(58)53-41-49(37-38-54(53)64(55)48-35-29-45(30-36-48)61(8,9)10)63(46-31-25-43(26-32-46)59(2,3)4)47-33-27-44(28-34-47)60(5,6)7;1-31-28-40-43-42(29-31)48(35-16-10-8-11-17-35,36-18-12-9-13-19-36)41-21-15-14-20-37(41)46(43)38-30-33(45(5,6)7)24-27-39(38)47(40)34-25-22-32(23-26-34)44(2,3)4/h11-41H,1-10H3;8-30H,1-7H3. The zero-order valence-electron chi connectivity index (χ0n) is 69.2. The van der Waals surface area contributed by atoms with Crippen molar-refractivity contribution in [1.29, 1.82) is 0 Å². The van der Waals surface area contributed by atoms with E-state index in [9.17, 15) is 0 Å². The molecule has 558 valence electrons. The zero-order chi connectivity index (χ0) is 78.9. The van der Waals surface area contributed by atoms with Gasteiger partial charge in [-0.3, -0.25) is 0 Å². The molecule has 4 aliphatic rings. The Labute approximate surface area is 676 Å². The molecule has 0 saturated heterocycles. The summed E-state index contributed by atoms with van der Waals surface area (Å²) in [5.74, 6) is 0. The first-order valence-electron chi connectivity index (χ1n) is 40.9. The first-order chi connectivity index (χ1) is 54.0. The van der Waals surface area contributed by atoms with Crippen LogP contribution in [0.4, 0.5) is 51.2 Å². The molecular weight excluding hydrogens is 1390 g/mol. The molecule has 0 atom stereocenters. The molecule has 113 heavy (non-hydrogen) atoms. The van der Waals surface area contributed by atoms with Crippen LogP contribution in [-0.2, 0) is 27.1 Å². The number of anilines is 9. The normalized spacial score (nSPS) is 14.3. The van der Waals surface area contributed by atoms with Gasteiger partial charge < -0.3 is 14.7 Å². The van der Waals surface area contributed by atoms with Crippen LogP contribution in [-0.4, -0.2) is 29.6 Å². The molecule has 3 nitrogen and oxygen atoms in total. The average Bonchev–Trinajstić information content (AvgIpc) is 0.682. The van der Waals surface area contributed by atoms with E-state index in [0.29, 0.717) is 0 Å². The summed E-state index contributed by atoms with van der Waals surface area (Å²) >= 11 is 0. The quantitative estimate of drug-likeness (QED) is 0.133. The fraction of sp³-hybridized carbons (Fsp3) is 0.208.